The largest absolute Gasteiger partial charge is 0.356 e. The van der Waals surface area contributed by atoms with E-state index in [1.165, 1.54) is 19.3 Å². The Kier molecular flexibility index (Phi) is 9.69. The van der Waals surface area contributed by atoms with Gasteiger partial charge in [0.1, 0.15) is 0 Å². The van der Waals surface area contributed by atoms with Crippen molar-refractivity contribution in [3.8, 4) is 0 Å². The number of aliphatic imine (C=N–C) groups is 1. The molecule has 1 aromatic rings. The predicted molar refractivity (Wildman–Crippen MR) is 127 cm³/mol. The fourth-order valence-electron chi connectivity index (χ4n) is 3.97. The van der Waals surface area contributed by atoms with Crippen LogP contribution in [0.5, 0.6) is 0 Å². The van der Waals surface area contributed by atoms with E-state index in [0.29, 0.717) is 37.9 Å². The Balaban J connectivity index is 0.00000300. The van der Waals surface area contributed by atoms with Crippen molar-refractivity contribution in [2.45, 2.75) is 56.9 Å². The lowest BCUT2D eigenvalue weighted by Gasteiger charge is -2.26. The van der Waals surface area contributed by atoms with E-state index >= 15 is 0 Å². The molecule has 1 unspecified atom stereocenters. The van der Waals surface area contributed by atoms with Crippen LogP contribution in [0, 0.1) is 0 Å². The molecule has 0 bridgehead atoms. The van der Waals surface area contributed by atoms with Crippen molar-refractivity contribution in [2.24, 2.45) is 4.99 Å². The number of para-hydroxylation sites is 1. The number of nitrogens with zero attached hydrogens (tertiary/aromatic N) is 1. The molecule has 2 aliphatic rings. The molecule has 1 atom stereocenters. The molecule has 0 radical (unpaired) electrons. The molecule has 1 saturated carbocycles. The number of nitrogens with one attached hydrogen (secondary N) is 4. The van der Waals surface area contributed by atoms with Crippen LogP contribution < -0.4 is 21.3 Å². The summed E-state index contributed by atoms with van der Waals surface area (Å²) in [5.41, 5.74) is 2.02. The van der Waals surface area contributed by atoms with Gasteiger partial charge in [-0.1, -0.05) is 37.5 Å². The monoisotopic (exact) mass is 513 g/mol. The Hall–Kier alpha value is -1.84. The number of carbonyl (C=O) groups excluding carboxylic acids is 2. The van der Waals surface area contributed by atoms with Crippen molar-refractivity contribution in [3.05, 3.63) is 29.8 Å². The van der Waals surface area contributed by atoms with Crippen LogP contribution in [-0.2, 0) is 9.59 Å². The highest BCUT2D eigenvalue weighted by Gasteiger charge is 2.24. The van der Waals surface area contributed by atoms with Gasteiger partial charge in [0, 0.05) is 50.6 Å². The van der Waals surface area contributed by atoms with Crippen molar-refractivity contribution in [3.63, 3.8) is 0 Å². The Morgan fingerprint density at radius 2 is 1.93 bits per heavy atom. The third-order valence-electron chi connectivity index (χ3n) is 5.46. The van der Waals surface area contributed by atoms with Gasteiger partial charge in [-0.25, -0.2) is 0 Å². The minimum atomic E-state index is 0. The summed E-state index contributed by atoms with van der Waals surface area (Å²) in [4.78, 5) is 28.3. The van der Waals surface area contributed by atoms with Crippen LogP contribution in [0.15, 0.2) is 29.3 Å². The molecule has 3 rings (SSSR count). The van der Waals surface area contributed by atoms with Crippen molar-refractivity contribution < 1.29 is 9.59 Å². The molecular weight excluding hydrogens is 481 g/mol. The molecule has 0 aromatic heterocycles. The second kappa shape index (κ2) is 12.0. The van der Waals surface area contributed by atoms with E-state index in [4.69, 9.17) is 0 Å². The molecule has 0 saturated heterocycles. The molecule has 0 spiro atoms. The zero-order chi connectivity index (χ0) is 19.8. The second-order valence-corrected chi connectivity index (χ2v) is 7.57. The number of anilines is 1. The Morgan fingerprint density at radius 1 is 1.17 bits per heavy atom. The summed E-state index contributed by atoms with van der Waals surface area (Å²) in [6, 6.07) is 8.23. The summed E-state index contributed by atoms with van der Waals surface area (Å²) < 4.78 is 0. The van der Waals surface area contributed by atoms with Gasteiger partial charge in [-0.15, -0.1) is 24.0 Å². The normalized spacial score (nSPS) is 19.4. The maximum Gasteiger partial charge on any atom is 0.225 e. The second-order valence-electron chi connectivity index (χ2n) is 7.57. The quantitative estimate of drug-likeness (QED) is 0.267. The van der Waals surface area contributed by atoms with E-state index in [-0.39, 0.29) is 41.7 Å². The molecule has 7 nitrogen and oxygen atoms in total. The number of hydrogen-bond acceptors (Lipinski definition) is 3. The van der Waals surface area contributed by atoms with Crippen LogP contribution in [0.4, 0.5) is 5.69 Å². The summed E-state index contributed by atoms with van der Waals surface area (Å²) in [7, 11) is 1.71. The number of fused-ring (bicyclic) bond motifs is 1. The van der Waals surface area contributed by atoms with E-state index in [9.17, 15) is 9.59 Å². The molecular formula is C21H32IN5O2. The highest BCUT2D eigenvalue weighted by Crippen LogP contribution is 2.31. The summed E-state index contributed by atoms with van der Waals surface area (Å²) >= 11 is 0. The molecule has 8 heteroatoms. The summed E-state index contributed by atoms with van der Waals surface area (Å²) in [5.74, 6) is 0.868. The molecule has 2 amide bonds. The number of halogens is 1. The number of benzene rings is 1. The number of guanidine groups is 1. The maximum absolute atomic E-state index is 12.1. The summed E-state index contributed by atoms with van der Waals surface area (Å²) in [6.45, 7) is 1.14. The topological polar surface area (TPSA) is 94.6 Å². The summed E-state index contributed by atoms with van der Waals surface area (Å²) in [5, 5.41) is 12.5. The van der Waals surface area contributed by atoms with Gasteiger partial charge in [0.05, 0.1) is 0 Å². The molecule has 1 aromatic carbocycles. The van der Waals surface area contributed by atoms with Gasteiger partial charge in [-0.3, -0.25) is 14.6 Å². The third kappa shape index (κ3) is 7.17. The molecule has 160 valence electrons. The van der Waals surface area contributed by atoms with Gasteiger partial charge in [0.2, 0.25) is 11.8 Å². The van der Waals surface area contributed by atoms with Gasteiger partial charge in [0.15, 0.2) is 5.96 Å². The van der Waals surface area contributed by atoms with Crippen LogP contribution in [0.3, 0.4) is 0 Å². The van der Waals surface area contributed by atoms with Gasteiger partial charge in [-0.2, -0.15) is 0 Å². The van der Waals surface area contributed by atoms with Gasteiger partial charge < -0.3 is 21.3 Å². The fourth-order valence-corrected chi connectivity index (χ4v) is 3.97. The average molecular weight is 513 g/mol. The van der Waals surface area contributed by atoms with E-state index < -0.39 is 0 Å². The van der Waals surface area contributed by atoms with E-state index in [0.717, 1.165) is 24.1 Å². The van der Waals surface area contributed by atoms with E-state index in [1.807, 2.05) is 24.3 Å². The van der Waals surface area contributed by atoms with Gasteiger partial charge in [-0.05, 0) is 24.5 Å². The lowest BCUT2D eigenvalue weighted by molar-refractivity contribution is -0.122. The van der Waals surface area contributed by atoms with E-state index in [2.05, 4.69) is 26.3 Å². The SMILES string of the molecule is CN=C(NCCC(=O)NC1CCCCC1)NCC1CC(=O)Nc2ccccc21.I. The standard InChI is InChI=1S/C21H31N5O2.HI/c1-22-21(23-12-11-19(27)25-16-7-3-2-4-8-16)24-14-15-13-20(28)26-18-10-6-5-9-17(15)18;/h5-6,9-10,15-16H,2-4,7-8,11-14H2,1H3,(H,25,27)(H,26,28)(H2,22,23,24);1H. The van der Waals surface area contributed by atoms with Crippen LogP contribution >= 0.6 is 24.0 Å². The number of amides is 2. The van der Waals surface area contributed by atoms with Crippen LogP contribution in [-0.4, -0.2) is 44.0 Å². The Morgan fingerprint density at radius 3 is 2.69 bits per heavy atom. The van der Waals surface area contributed by atoms with Crippen molar-refractivity contribution in [1.82, 2.24) is 16.0 Å². The lowest BCUT2D eigenvalue weighted by Crippen LogP contribution is -2.43. The number of hydrogen-bond donors (Lipinski definition) is 4. The predicted octanol–water partition coefficient (Wildman–Crippen LogP) is 2.73. The molecule has 1 aliphatic carbocycles. The lowest BCUT2D eigenvalue weighted by atomic mass is 9.90. The van der Waals surface area contributed by atoms with Crippen molar-refractivity contribution >= 4 is 47.4 Å². The van der Waals surface area contributed by atoms with Gasteiger partial charge in [0.25, 0.3) is 0 Å². The van der Waals surface area contributed by atoms with Crippen LogP contribution in [0.2, 0.25) is 0 Å². The van der Waals surface area contributed by atoms with Crippen LogP contribution in [0.1, 0.15) is 56.4 Å². The minimum Gasteiger partial charge on any atom is -0.356 e. The van der Waals surface area contributed by atoms with Crippen molar-refractivity contribution in [2.75, 3.05) is 25.5 Å². The fraction of sp³-hybridized carbons (Fsp3) is 0.571. The summed E-state index contributed by atoms with van der Waals surface area (Å²) in [6.07, 6.45) is 6.77. The average Bonchev–Trinajstić information content (AvgIpc) is 2.71. The minimum absolute atomic E-state index is 0. The number of rotatable bonds is 6. The number of carbonyl (C=O) groups is 2. The first kappa shape index (κ1) is 23.4. The molecule has 4 N–H and O–H groups in total. The zero-order valence-electron chi connectivity index (χ0n) is 17.0. The highest BCUT2D eigenvalue weighted by atomic mass is 127. The first-order valence-corrected chi connectivity index (χ1v) is 10.3. The zero-order valence-corrected chi connectivity index (χ0v) is 19.3. The van der Waals surface area contributed by atoms with Crippen molar-refractivity contribution in [1.29, 1.82) is 0 Å². The Bertz CT molecular complexity index is 719. The molecule has 1 fully saturated rings. The first-order chi connectivity index (χ1) is 13.7. The third-order valence-corrected chi connectivity index (χ3v) is 5.46. The molecule has 1 aliphatic heterocycles. The molecule has 29 heavy (non-hydrogen) atoms. The van der Waals surface area contributed by atoms with E-state index in [1.54, 1.807) is 7.05 Å². The molecule has 1 heterocycles. The first-order valence-electron chi connectivity index (χ1n) is 10.3. The van der Waals surface area contributed by atoms with Gasteiger partial charge >= 0.3 is 0 Å². The van der Waals surface area contributed by atoms with Crippen LogP contribution in [0.25, 0.3) is 0 Å². The maximum atomic E-state index is 12.1. The smallest absolute Gasteiger partial charge is 0.225 e. The highest BCUT2D eigenvalue weighted by molar-refractivity contribution is 14.0. The Labute approximate surface area is 189 Å².